The van der Waals surface area contributed by atoms with Gasteiger partial charge in [0.05, 0.1) is 5.92 Å². The van der Waals surface area contributed by atoms with Crippen molar-refractivity contribution in [1.29, 1.82) is 0 Å². The van der Waals surface area contributed by atoms with E-state index in [9.17, 15) is 4.79 Å². The fourth-order valence-electron chi connectivity index (χ4n) is 1.95. The highest BCUT2D eigenvalue weighted by Gasteiger charge is 2.60. The first-order valence-corrected chi connectivity index (χ1v) is 4.68. The van der Waals surface area contributed by atoms with Crippen LogP contribution in [0.4, 0.5) is 0 Å². The van der Waals surface area contributed by atoms with Gasteiger partial charge in [0.2, 0.25) is 0 Å². The van der Waals surface area contributed by atoms with Gasteiger partial charge in [-0.15, -0.1) is 0 Å². The van der Waals surface area contributed by atoms with Gasteiger partial charge in [0.1, 0.15) is 0 Å². The summed E-state index contributed by atoms with van der Waals surface area (Å²) in [7, 11) is 0. The predicted molar refractivity (Wildman–Crippen MR) is 51.9 cm³/mol. The molecular weight excluding hydrogens is 182 g/mol. The maximum absolute atomic E-state index is 10.8. The van der Waals surface area contributed by atoms with E-state index < -0.39 is 5.97 Å². The number of carboxylic acids is 1. The summed E-state index contributed by atoms with van der Waals surface area (Å²) in [6.45, 7) is 6.16. The molecule has 0 aromatic heterocycles. The van der Waals surface area contributed by atoms with E-state index in [1.165, 1.54) is 0 Å². The van der Waals surface area contributed by atoms with Crippen LogP contribution in [0.1, 0.15) is 20.8 Å². The number of aliphatic carboxylic acids is 1. The van der Waals surface area contributed by atoms with Crippen LogP contribution in [0.5, 0.6) is 0 Å². The Labute approximate surface area is 83.6 Å². The van der Waals surface area contributed by atoms with Crippen molar-refractivity contribution in [3.63, 3.8) is 0 Å². The van der Waals surface area contributed by atoms with Gasteiger partial charge in [-0.2, -0.15) is 0 Å². The lowest BCUT2D eigenvalue weighted by Gasteiger charge is -2.00. The summed E-state index contributed by atoms with van der Waals surface area (Å²) >= 11 is 0. The Hall–Kier alpha value is -0.870. The van der Waals surface area contributed by atoms with E-state index in [2.05, 4.69) is 5.48 Å². The van der Waals surface area contributed by atoms with Gasteiger partial charge < -0.3 is 10.3 Å². The minimum Gasteiger partial charge on any atom is -0.481 e. The van der Waals surface area contributed by atoms with Gasteiger partial charge in [-0.1, -0.05) is 25.5 Å². The number of hydroxylamine groups is 1. The van der Waals surface area contributed by atoms with Crippen LogP contribution < -0.4 is 5.48 Å². The largest absolute Gasteiger partial charge is 0.481 e. The summed E-state index contributed by atoms with van der Waals surface area (Å²) < 4.78 is 0. The van der Waals surface area contributed by atoms with Crippen molar-refractivity contribution in [2.24, 2.45) is 17.3 Å². The summed E-state index contributed by atoms with van der Waals surface area (Å²) in [5.74, 6) is -0.925. The molecule has 2 atom stereocenters. The van der Waals surface area contributed by atoms with E-state index in [1.54, 1.807) is 0 Å². The van der Waals surface area contributed by atoms with Gasteiger partial charge >= 0.3 is 5.97 Å². The molecule has 80 valence electrons. The summed E-state index contributed by atoms with van der Waals surface area (Å²) in [5, 5.41) is 17.4. The zero-order valence-corrected chi connectivity index (χ0v) is 8.74. The normalized spacial score (nSPS) is 30.1. The maximum atomic E-state index is 10.8. The molecule has 0 heterocycles. The molecule has 4 heteroatoms. The second-order valence-electron chi connectivity index (χ2n) is 4.51. The fourth-order valence-corrected chi connectivity index (χ4v) is 1.95. The van der Waals surface area contributed by atoms with Crippen molar-refractivity contribution in [2.45, 2.75) is 20.8 Å². The average Bonchev–Trinajstić information content (AvgIpc) is 2.53. The third kappa shape index (κ3) is 1.96. The smallest absolute Gasteiger partial charge is 0.307 e. The molecule has 0 bridgehead atoms. The van der Waals surface area contributed by atoms with Gasteiger partial charge in [0, 0.05) is 6.54 Å². The molecule has 3 N–H and O–H groups in total. The molecule has 0 aromatic rings. The summed E-state index contributed by atoms with van der Waals surface area (Å²) in [6.07, 6.45) is 1.93. The van der Waals surface area contributed by atoms with Crippen LogP contribution in [0.2, 0.25) is 0 Å². The molecule has 1 aliphatic carbocycles. The van der Waals surface area contributed by atoms with E-state index in [4.69, 9.17) is 10.3 Å². The van der Waals surface area contributed by atoms with Crippen LogP contribution in [0, 0.1) is 17.3 Å². The monoisotopic (exact) mass is 199 g/mol. The van der Waals surface area contributed by atoms with Crippen molar-refractivity contribution in [3.05, 3.63) is 11.6 Å². The Balaban J connectivity index is 2.65. The van der Waals surface area contributed by atoms with E-state index in [0.717, 1.165) is 5.57 Å². The lowest BCUT2D eigenvalue weighted by Crippen LogP contribution is -2.10. The molecule has 14 heavy (non-hydrogen) atoms. The number of nitrogens with one attached hydrogen (secondary N) is 1. The third-order valence-corrected chi connectivity index (χ3v) is 3.00. The first kappa shape index (κ1) is 11.2. The van der Waals surface area contributed by atoms with E-state index in [-0.39, 0.29) is 17.3 Å². The van der Waals surface area contributed by atoms with Gasteiger partial charge in [-0.25, -0.2) is 5.48 Å². The Morgan fingerprint density at radius 3 is 2.50 bits per heavy atom. The Kier molecular flexibility index (Phi) is 2.97. The molecule has 2 unspecified atom stereocenters. The number of hydrogen-bond donors (Lipinski definition) is 3. The molecule has 0 amide bonds. The highest BCUT2D eigenvalue weighted by atomic mass is 16.5. The fraction of sp³-hybridized carbons (Fsp3) is 0.700. The topological polar surface area (TPSA) is 69.6 Å². The zero-order chi connectivity index (χ0) is 10.9. The maximum Gasteiger partial charge on any atom is 0.307 e. The highest BCUT2D eigenvalue weighted by molar-refractivity contribution is 5.76. The lowest BCUT2D eigenvalue weighted by molar-refractivity contribution is -0.139. The number of carboxylic acid groups (broad SMARTS) is 1. The molecular formula is C10H17NO3. The lowest BCUT2D eigenvalue weighted by atomic mass is 10.1. The van der Waals surface area contributed by atoms with Crippen LogP contribution in [0.3, 0.4) is 0 Å². The first-order chi connectivity index (χ1) is 6.41. The molecule has 1 saturated carbocycles. The number of hydrogen-bond acceptors (Lipinski definition) is 3. The van der Waals surface area contributed by atoms with Crippen molar-refractivity contribution in [3.8, 4) is 0 Å². The summed E-state index contributed by atoms with van der Waals surface area (Å²) in [5.41, 5.74) is 2.87. The van der Waals surface area contributed by atoms with Gasteiger partial charge in [-0.3, -0.25) is 4.79 Å². The highest BCUT2D eigenvalue weighted by Crippen LogP contribution is 2.59. The summed E-state index contributed by atoms with van der Waals surface area (Å²) in [4.78, 5) is 10.8. The molecule has 1 rings (SSSR count). The molecule has 0 saturated heterocycles. The number of carbonyl (C=O) groups is 1. The zero-order valence-electron chi connectivity index (χ0n) is 8.74. The number of allylic oxidation sites excluding steroid dienone is 1. The first-order valence-electron chi connectivity index (χ1n) is 4.68. The molecule has 1 aliphatic rings. The predicted octanol–water partition coefficient (Wildman–Crippen LogP) is 1.27. The Morgan fingerprint density at radius 1 is 1.57 bits per heavy atom. The van der Waals surface area contributed by atoms with Crippen molar-refractivity contribution >= 4 is 5.97 Å². The Morgan fingerprint density at radius 2 is 2.14 bits per heavy atom. The molecule has 0 radical (unpaired) electrons. The van der Waals surface area contributed by atoms with Crippen molar-refractivity contribution in [1.82, 2.24) is 5.48 Å². The van der Waals surface area contributed by atoms with Crippen molar-refractivity contribution in [2.75, 3.05) is 6.54 Å². The van der Waals surface area contributed by atoms with Crippen LogP contribution in [0.25, 0.3) is 0 Å². The second kappa shape index (κ2) is 3.71. The standard InChI is InChI=1S/C10H17NO3/c1-6(5-11-14)4-7-8(9(12)13)10(7,2)3/h4,7-8,11,14H,5H2,1-3H3,(H,12,13). The Bertz CT molecular complexity index is 271. The van der Waals surface area contributed by atoms with Gasteiger partial charge in [0.25, 0.3) is 0 Å². The van der Waals surface area contributed by atoms with E-state index in [1.807, 2.05) is 26.8 Å². The van der Waals surface area contributed by atoms with Gasteiger partial charge in [0.15, 0.2) is 0 Å². The molecule has 0 aromatic carbocycles. The van der Waals surface area contributed by atoms with Crippen LogP contribution in [-0.4, -0.2) is 22.8 Å². The molecule has 0 aliphatic heterocycles. The minimum atomic E-state index is -0.735. The van der Waals surface area contributed by atoms with E-state index >= 15 is 0 Å². The second-order valence-corrected chi connectivity index (χ2v) is 4.51. The van der Waals surface area contributed by atoms with Crippen molar-refractivity contribution < 1.29 is 15.1 Å². The third-order valence-electron chi connectivity index (χ3n) is 3.00. The van der Waals surface area contributed by atoms with Crippen LogP contribution >= 0.6 is 0 Å². The van der Waals surface area contributed by atoms with Crippen LogP contribution in [-0.2, 0) is 4.79 Å². The molecule has 0 spiro atoms. The number of rotatable bonds is 4. The summed E-state index contributed by atoms with van der Waals surface area (Å²) in [6, 6.07) is 0. The molecule has 1 fully saturated rings. The SMILES string of the molecule is CC(=CC1C(C(=O)O)C1(C)C)CNO. The van der Waals surface area contributed by atoms with Gasteiger partial charge in [-0.05, 0) is 18.3 Å². The average molecular weight is 199 g/mol. The van der Waals surface area contributed by atoms with E-state index in [0.29, 0.717) is 6.54 Å². The quantitative estimate of drug-likeness (QED) is 0.471. The van der Waals surface area contributed by atoms with Crippen LogP contribution in [0.15, 0.2) is 11.6 Å². The molecule has 4 nitrogen and oxygen atoms in total. The minimum absolute atomic E-state index is 0.0911.